The normalized spacial score (nSPS) is 17.0. The van der Waals surface area contributed by atoms with Gasteiger partial charge in [0.15, 0.2) is 0 Å². The van der Waals surface area contributed by atoms with E-state index in [-0.39, 0.29) is 17.7 Å². The molecule has 7 nitrogen and oxygen atoms in total. The minimum Gasteiger partial charge on any atom is -0.453 e. The number of ether oxygens (including phenoxy) is 1. The Labute approximate surface area is 214 Å². The van der Waals surface area contributed by atoms with Gasteiger partial charge in [0, 0.05) is 25.4 Å². The van der Waals surface area contributed by atoms with Gasteiger partial charge in [-0.05, 0) is 29.9 Å². The largest absolute Gasteiger partial charge is 0.453 e. The smallest absolute Gasteiger partial charge is 0.407 e. The molecule has 2 aromatic rings. The van der Waals surface area contributed by atoms with E-state index in [1.165, 1.54) is 12.0 Å². The van der Waals surface area contributed by atoms with Crippen molar-refractivity contribution in [2.75, 3.05) is 13.7 Å². The highest BCUT2D eigenvalue weighted by atomic mass is 16.5. The van der Waals surface area contributed by atoms with Crippen LogP contribution < -0.4 is 5.32 Å². The molecule has 36 heavy (non-hydrogen) atoms. The summed E-state index contributed by atoms with van der Waals surface area (Å²) in [5, 5.41) is 2.68. The summed E-state index contributed by atoms with van der Waals surface area (Å²) in [7, 11) is 1.27. The molecule has 7 heteroatoms. The second kappa shape index (κ2) is 13.5. The minimum absolute atomic E-state index is 0.0407. The first-order valence-electron chi connectivity index (χ1n) is 12.7. The van der Waals surface area contributed by atoms with Gasteiger partial charge in [0.1, 0.15) is 12.1 Å². The average Bonchev–Trinajstić information content (AvgIpc) is 2.91. The van der Waals surface area contributed by atoms with Crippen molar-refractivity contribution in [3.8, 4) is 0 Å². The molecule has 0 saturated heterocycles. The number of carbonyl (C=O) groups is 3. The Kier molecular flexibility index (Phi) is 10.1. The molecule has 2 aromatic carbocycles. The highest BCUT2D eigenvalue weighted by molar-refractivity contribution is 5.93. The molecule has 3 atom stereocenters. The van der Waals surface area contributed by atoms with Gasteiger partial charge in [-0.25, -0.2) is 4.79 Å². The maximum atomic E-state index is 13.8. The highest BCUT2D eigenvalue weighted by Crippen LogP contribution is 2.25. The number of nitrogens with zero attached hydrogens (tertiary/aromatic N) is 2. The number of rotatable bonds is 11. The molecule has 1 aliphatic heterocycles. The second-order valence-electron chi connectivity index (χ2n) is 9.25. The molecule has 3 amide bonds. The van der Waals surface area contributed by atoms with Crippen molar-refractivity contribution < 1.29 is 19.1 Å². The van der Waals surface area contributed by atoms with Crippen LogP contribution in [0.1, 0.15) is 44.2 Å². The van der Waals surface area contributed by atoms with E-state index in [4.69, 9.17) is 4.74 Å². The lowest BCUT2D eigenvalue weighted by molar-refractivity contribution is -0.146. The van der Waals surface area contributed by atoms with Gasteiger partial charge in [0.25, 0.3) is 0 Å². The number of unbranched alkanes of at least 4 members (excludes halogenated alkanes) is 1. The topological polar surface area (TPSA) is 79.0 Å². The lowest BCUT2D eigenvalue weighted by Gasteiger charge is -2.40. The van der Waals surface area contributed by atoms with Crippen LogP contribution in [-0.2, 0) is 27.2 Å². The molecular weight excluding hydrogens is 454 g/mol. The van der Waals surface area contributed by atoms with E-state index < -0.39 is 18.2 Å². The Bertz CT molecular complexity index is 1030. The monoisotopic (exact) mass is 491 g/mol. The van der Waals surface area contributed by atoms with Crippen LogP contribution in [0.25, 0.3) is 0 Å². The Balaban J connectivity index is 1.85. The Morgan fingerprint density at radius 2 is 1.64 bits per heavy atom. The quantitative estimate of drug-likeness (QED) is 0.501. The summed E-state index contributed by atoms with van der Waals surface area (Å²) in [6.07, 6.45) is 6.51. The van der Waals surface area contributed by atoms with Gasteiger partial charge in [0.2, 0.25) is 11.8 Å². The van der Waals surface area contributed by atoms with Gasteiger partial charge in [-0.3, -0.25) is 9.59 Å². The molecule has 1 N–H and O–H groups in total. The lowest BCUT2D eigenvalue weighted by atomic mass is 9.91. The number of benzene rings is 2. The Morgan fingerprint density at radius 1 is 1.00 bits per heavy atom. The van der Waals surface area contributed by atoms with Crippen molar-refractivity contribution in [1.82, 2.24) is 15.1 Å². The molecule has 0 aromatic heterocycles. The lowest BCUT2D eigenvalue weighted by Crippen LogP contribution is -2.58. The molecule has 3 rings (SSSR count). The summed E-state index contributed by atoms with van der Waals surface area (Å²) in [5.41, 5.74) is 2.05. The van der Waals surface area contributed by atoms with Gasteiger partial charge in [-0.1, -0.05) is 87.4 Å². The zero-order valence-electron chi connectivity index (χ0n) is 21.4. The summed E-state index contributed by atoms with van der Waals surface area (Å²) in [5.74, 6) is -0.465. The molecule has 0 unspecified atom stereocenters. The molecule has 0 aliphatic carbocycles. The van der Waals surface area contributed by atoms with Crippen molar-refractivity contribution in [3.63, 3.8) is 0 Å². The van der Waals surface area contributed by atoms with Crippen LogP contribution in [0.4, 0.5) is 4.79 Å². The van der Waals surface area contributed by atoms with Crippen molar-refractivity contribution in [2.45, 2.75) is 58.0 Å². The first-order chi connectivity index (χ1) is 17.4. The summed E-state index contributed by atoms with van der Waals surface area (Å²) in [4.78, 5) is 42.8. The third-order valence-corrected chi connectivity index (χ3v) is 6.59. The van der Waals surface area contributed by atoms with E-state index in [0.29, 0.717) is 13.0 Å². The van der Waals surface area contributed by atoms with Crippen molar-refractivity contribution in [3.05, 3.63) is 84.2 Å². The van der Waals surface area contributed by atoms with Gasteiger partial charge >= 0.3 is 6.09 Å². The molecule has 1 aliphatic rings. The second-order valence-corrected chi connectivity index (χ2v) is 9.25. The number of carbonyl (C=O) groups excluding carboxylic acids is 3. The SMILES string of the molecule is CCCC[C@H](C)[C@@H]1C(=O)N(CCc2ccccc2)C=CN1C(=O)[C@@H](Cc1ccccc1)NC(=O)OC. The van der Waals surface area contributed by atoms with E-state index in [9.17, 15) is 14.4 Å². The van der Waals surface area contributed by atoms with Gasteiger partial charge in [-0.2, -0.15) is 0 Å². The zero-order valence-corrected chi connectivity index (χ0v) is 21.4. The summed E-state index contributed by atoms with van der Waals surface area (Å²) in [6, 6.07) is 18.0. The summed E-state index contributed by atoms with van der Waals surface area (Å²) >= 11 is 0. The molecule has 0 saturated carbocycles. The number of hydrogen-bond donors (Lipinski definition) is 1. The third kappa shape index (κ3) is 7.20. The van der Waals surface area contributed by atoms with Crippen LogP contribution in [0.5, 0.6) is 0 Å². The van der Waals surface area contributed by atoms with Crippen molar-refractivity contribution in [1.29, 1.82) is 0 Å². The van der Waals surface area contributed by atoms with Crippen molar-refractivity contribution in [2.24, 2.45) is 5.92 Å². The maximum Gasteiger partial charge on any atom is 0.407 e. The Hall–Kier alpha value is -3.61. The fraction of sp³-hybridized carbons (Fsp3) is 0.414. The predicted octanol–water partition coefficient (Wildman–Crippen LogP) is 4.53. The van der Waals surface area contributed by atoms with Gasteiger partial charge < -0.3 is 19.9 Å². The number of methoxy groups -OCH3 is 1. The van der Waals surface area contributed by atoms with Crippen molar-refractivity contribution >= 4 is 17.9 Å². The first kappa shape index (κ1) is 27.0. The van der Waals surface area contributed by atoms with Gasteiger partial charge in [0.05, 0.1) is 7.11 Å². The molecule has 1 heterocycles. The minimum atomic E-state index is -0.867. The maximum absolute atomic E-state index is 13.8. The first-order valence-corrected chi connectivity index (χ1v) is 12.7. The molecule has 0 spiro atoms. The average molecular weight is 492 g/mol. The zero-order chi connectivity index (χ0) is 25.9. The molecule has 0 fully saturated rings. The summed E-state index contributed by atoms with van der Waals surface area (Å²) in [6.45, 7) is 4.67. The molecule has 192 valence electrons. The Morgan fingerprint density at radius 3 is 2.25 bits per heavy atom. The number of nitrogens with one attached hydrogen (secondary N) is 1. The summed E-state index contributed by atoms with van der Waals surface area (Å²) < 4.78 is 4.78. The van der Waals surface area contributed by atoms with E-state index in [0.717, 1.165) is 36.8 Å². The van der Waals surface area contributed by atoms with E-state index >= 15 is 0 Å². The predicted molar refractivity (Wildman–Crippen MR) is 140 cm³/mol. The highest BCUT2D eigenvalue weighted by Gasteiger charge is 2.40. The van der Waals surface area contributed by atoms with Crippen LogP contribution in [0, 0.1) is 5.92 Å². The van der Waals surface area contributed by atoms with Crippen LogP contribution in [0.2, 0.25) is 0 Å². The number of hydrogen-bond acceptors (Lipinski definition) is 4. The molecule has 0 radical (unpaired) electrons. The standard InChI is InChI=1S/C29H37N3O4/c1-4-5-12-22(2)26-28(34)31(18-17-23-13-8-6-9-14-23)19-20-32(26)27(33)25(30-29(35)36-3)21-24-15-10-7-11-16-24/h6-11,13-16,19-20,22,25-26H,4-5,12,17-18,21H2,1-3H3,(H,30,35)/t22-,25+,26+/m0/s1. The van der Waals surface area contributed by atoms with Crippen LogP contribution in [0.15, 0.2) is 73.1 Å². The third-order valence-electron chi connectivity index (χ3n) is 6.59. The van der Waals surface area contributed by atoms with Gasteiger partial charge in [-0.15, -0.1) is 0 Å². The molecule has 0 bridgehead atoms. The van der Waals surface area contributed by atoms with E-state index in [2.05, 4.69) is 12.2 Å². The number of amides is 3. The number of alkyl carbamates (subject to hydrolysis) is 1. The van der Waals surface area contributed by atoms with E-state index in [1.807, 2.05) is 67.6 Å². The fourth-order valence-electron chi connectivity index (χ4n) is 4.53. The van der Waals surface area contributed by atoms with Crippen LogP contribution in [0.3, 0.4) is 0 Å². The molecular formula is C29H37N3O4. The van der Waals surface area contributed by atoms with E-state index in [1.54, 1.807) is 17.3 Å². The van der Waals surface area contributed by atoms with Crippen LogP contribution >= 0.6 is 0 Å². The fourth-order valence-corrected chi connectivity index (χ4v) is 4.53. The van der Waals surface area contributed by atoms with Crippen LogP contribution in [-0.4, -0.2) is 53.4 Å².